The number of nitrogens with zero attached hydrogens (tertiary/aromatic N) is 5. The molecule has 0 unspecified atom stereocenters. The molecule has 2 aromatic rings. The van der Waals surface area contributed by atoms with E-state index in [0.29, 0.717) is 16.1 Å². The number of piperazine rings is 1. The van der Waals surface area contributed by atoms with Crippen LogP contribution in [0.3, 0.4) is 0 Å². The fourth-order valence-electron chi connectivity index (χ4n) is 6.66. The molecular formula is C43H61Cl3N6O9. The molecule has 3 aliphatic rings. The zero-order valence-electron chi connectivity index (χ0n) is 37.1. The summed E-state index contributed by atoms with van der Waals surface area (Å²) in [6.45, 7) is 18.9. The molecule has 0 bridgehead atoms. The van der Waals surface area contributed by atoms with Crippen molar-refractivity contribution < 1.29 is 43.0 Å². The number of rotatable bonds is 8. The van der Waals surface area contributed by atoms with Crippen LogP contribution in [0.1, 0.15) is 80.4 Å². The number of hydrogen-bond acceptors (Lipinski definition) is 10. The van der Waals surface area contributed by atoms with Crippen molar-refractivity contribution in [3.63, 3.8) is 0 Å². The van der Waals surface area contributed by atoms with Crippen molar-refractivity contribution in [1.29, 1.82) is 0 Å². The predicted octanol–water partition coefficient (Wildman–Crippen LogP) is 6.33. The Kier molecular flexibility index (Phi) is 17.3. The molecule has 15 nitrogen and oxygen atoms in total. The number of hydrogen-bond donors (Lipinski definition) is 1. The number of halogens is 3. The van der Waals surface area contributed by atoms with Gasteiger partial charge in [-0.2, -0.15) is 0 Å². The molecule has 0 aromatic heterocycles. The van der Waals surface area contributed by atoms with Gasteiger partial charge in [-0.1, -0.05) is 61.3 Å². The molecule has 18 heteroatoms. The summed E-state index contributed by atoms with van der Waals surface area (Å²) in [5, 5.41) is 1.16. The monoisotopic (exact) mass is 910 g/mol. The number of likely N-dealkylation sites (tertiary alicyclic amines) is 2. The Morgan fingerprint density at radius 1 is 0.770 bits per heavy atom. The molecule has 3 heterocycles. The van der Waals surface area contributed by atoms with Gasteiger partial charge < -0.3 is 44.4 Å². The summed E-state index contributed by atoms with van der Waals surface area (Å²) >= 11 is 17.7. The van der Waals surface area contributed by atoms with E-state index in [-0.39, 0.29) is 69.5 Å². The Labute approximate surface area is 374 Å². The fourth-order valence-corrected chi connectivity index (χ4v) is 7.06. The zero-order valence-corrected chi connectivity index (χ0v) is 39.3. The maximum absolute atomic E-state index is 13.4. The maximum atomic E-state index is 13.4. The third-order valence-electron chi connectivity index (χ3n) is 9.52. The van der Waals surface area contributed by atoms with E-state index in [2.05, 4.69) is 0 Å². The third kappa shape index (κ3) is 13.3. The van der Waals surface area contributed by atoms with E-state index >= 15 is 0 Å². The van der Waals surface area contributed by atoms with E-state index in [4.69, 9.17) is 54.7 Å². The highest BCUT2D eigenvalue weighted by molar-refractivity contribution is 6.30. The Bertz CT molecular complexity index is 1870. The Balaban J connectivity index is 0.000000299. The number of methoxy groups -OCH3 is 1. The number of alkyl halides is 1. The normalized spacial score (nSPS) is 16.7. The number of amides is 5. The van der Waals surface area contributed by atoms with Crippen molar-refractivity contribution in [3.05, 3.63) is 69.7 Å². The summed E-state index contributed by atoms with van der Waals surface area (Å²) in [7, 11) is 1.24. The minimum Gasteiger partial charge on any atom is -0.467 e. The SMILES string of the molecule is CC(C)N.CC(C)N1CC(=O)N(Cc2ccc(Cl)cc2)C2(CN(C(=O)OC(C)(C)C)C2)C1=O.COC(=O)C1(N(Cc2ccc(Cl)cc2)C(=O)CCl)CN(C(=O)OC(C)(C)C)C1. The third-order valence-corrected chi connectivity index (χ3v) is 10.3. The van der Waals surface area contributed by atoms with Crippen molar-refractivity contribution in [2.24, 2.45) is 5.73 Å². The molecule has 0 atom stereocenters. The average molecular weight is 912 g/mol. The van der Waals surface area contributed by atoms with Crippen molar-refractivity contribution in [3.8, 4) is 0 Å². The van der Waals surface area contributed by atoms with E-state index in [9.17, 15) is 28.8 Å². The van der Waals surface area contributed by atoms with Gasteiger partial charge in [-0.15, -0.1) is 11.6 Å². The molecule has 2 aromatic carbocycles. The molecule has 0 aliphatic carbocycles. The van der Waals surface area contributed by atoms with Gasteiger partial charge in [-0.25, -0.2) is 14.4 Å². The van der Waals surface area contributed by atoms with Crippen LogP contribution in [0.5, 0.6) is 0 Å². The molecule has 5 amide bonds. The van der Waals surface area contributed by atoms with Crippen LogP contribution in [0.2, 0.25) is 10.0 Å². The number of benzene rings is 2. The lowest BCUT2D eigenvalue weighted by Gasteiger charge is -2.58. The molecular weight excluding hydrogens is 851 g/mol. The van der Waals surface area contributed by atoms with Crippen LogP contribution < -0.4 is 5.73 Å². The average Bonchev–Trinajstić information content (AvgIpc) is 3.11. The summed E-state index contributed by atoms with van der Waals surface area (Å²) in [6, 6.07) is 14.3. The summed E-state index contributed by atoms with van der Waals surface area (Å²) in [4.78, 5) is 83.7. The Morgan fingerprint density at radius 2 is 1.20 bits per heavy atom. The van der Waals surface area contributed by atoms with Gasteiger partial charge in [0.25, 0.3) is 5.91 Å². The van der Waals surface area contributed by atoms with Crippen LogP contribution in [-0.4, -0.2) is 140 Å². The van der Waals surface area contributed by atoms with E-state index in [1.54, 1.807) is 87.7 Å². The van der Waals surface area contributed by atoms with Gasteiger partial charge in [-0.3, -0.25) is 14.4 Å². The molecule has 338 valence electrons. The summed E-state index contributed by atoms with van der Waals surface area (Å²) in [6.07, 6.45) is -1.03. The minimum atomic E-state index is -1.32. The smallest absolute Gasteiger partial charge is 0.410 e. The van der Waals surface area contributed by atoms with Crippen LogP contribution in [-0.2, 0) is 46.5 Å². The summed E-state index contributed by atoms with van der Waals surface area (Å²) in [5.41, 5.74) is 3.08. The molecule has 3 saturated heterocycles. The van der Waals surface area contributed by atoms with E-state index < -0.39 is 46.3 Å². The topological polar surface area (TPSA) is 172 Å². The molecule has 0 radical (unpaired) electrons. The lowest BCUT2D eigenvalue weighted by molar-refractivity contribution is -0.180. The van der Waals surface area contributed by atoms with Gasteiger partial charge in [-0.05, 0) is 96.8 Å². The quantitative estimate of drug-likeness (QED) is 0.179. The van der Waals surface area contributed by atoms with E-state index in [0.717, 1.165) is 11.1 Å². The highest BCUT2D eigenvalue weighted by Gasteiger charge is 2.62. The largest absolute Gasteiger partial charge is 0.467 e. The second-order valence-corrected chi connectivity index (χ2v) is 19.0. The van der Waals surface area contributed by atoms with Crippen LogP contribution in [0.4, 0.5) is 9.59 Å². The maximum Gasteiger partial charge on any atom is 0.410 e. The van der Waals surface area contributed by atoms with Crippen LogP contribution in [0, 0.1) is 0 Å². The van der Waals surface area contributed by atoms with Crippen molar-refractivity contribution >= 4 is 70.7 Å². The molecule has 61 heavy (non-hydrogen) atoms. The highest BCUT2D eigenvalue weighted by atomic mass is 35.5. The van der Waals surface area contributed by atoms with Gasteiger partial charge in [0.2, 0.25) is 11.8 Å². The lowest BCUT2D eigenvalue weighted by atomic mass is 9.83. The molecule has 1 spiro atoms. The van der Waals surface area contributed by atoms with Crippen LogP contribution in [0.25, 0.3) is 0 Å². The number of carbonyl (C=O) groups is 6. The number of carbonyl (C=O) groups excluding carboxylic acids is 6. The van der Waals surface area contributed by atoms with Crippen molar-refractivity contribution in [2.45, 2.75) is 117 Å². The Hall–Kier alpha value is -4.31. The lowest BCUT2D eigenvalue weighted by Crippen LogP contribution is -2.81. The first-order chi connectivity index (χ1) is 28.2. The van der Waals surface area contributed by atoms with E-state index in [1.165, 1.54) is 21.8 Å². The van der Waals surface area contributed by atoms with E-state index in [1.807, 2.05) is 39.8 Å². The first-order valence-corrected chi connectivity index (χ1v) is 21.2. The van der Waals surface area contributed by atoms with Crippen LogP contribution >= 0.6 is 34.8 Å². The van der Waals surface area contributed by atoms with Crippen molar-refractivity contribution in [2.75, 3.05) is 45.7 Å². The summed E-state index contributed by atoms with van der Waals surface area (Å²) < 4.78 is 15.7. The standard InChI is InChI=1S/C21H28ClN3O4.C19H24Cl2N2O5.C3H9N/c1-14(2)24-11-17(26)25(10-15-6-8-16(22)9-7-15)21(18(24)27)12-23(13-21)19(28)29-20(3,4)5;1-18(2,3)28-17(26)22-11-19(12-22,16(25)27-4)23(15(24)9-20)10-13-5-7-14(21)8-6-13;1-3(2)4/h6-9,14H,10-13H2,1-5H3;5-8H,9-12H2,1-4H3;3H,4H2,1-2H3. The fraction of sp³-hybridized carbons (Fsp3) is 0.581. The highest BCUT2D eigenvalue weighted by Crippen LogP contribution is 2.37. The molecule has 5 rings (SSSR count). The molecule has 0 saturated carbocycles. The van der Waals surface area contributed by atoms with Gasteiger partial charge in [0.15, 0.2) is 11.1 Å². The van der Waals surface area contributed by atoms with Gasteiger partial charge in [0.1, 0.15) is 23.6 Å². The Morgan fingerprint density at radius 3 is 1.59 bits per heavy atom. The van der Waals surface area contributed by atoms with Gasteiger partial charge in [0.05, 0.1) is 33.3 Å². The molecule has 3 aliphatic heterocycles. The van der Waals surface area contributed by atoms with Crippen molar-refractivity contribution in [1.82, 2.24) is 24.5 Å². The van der Waals surface area contributed by atoms with Crippen LogP contribution in [0.15, 0.2) is 48.5 Å². The minimum absolute atomic E-state index is 0.0369. The number of esters is 1. The molecule has 3 fully saturated rings. The second-order valence-electron chi connectivity index (χ2n) is 17.8. The summed E-state index contributed by atoms with van der Waals surface area (Å²) in [5.74, 6) is -1.61. The van der Waals surface area contributed by atoms with Gasteiger partial charge in [0, 0.05) is 29.2 Å². The second kappa shape index (κ2) is 20.7. The number of ether oxygens (including phenoxy) is 3. The molecule has 2 N–H and O–H groups in total. The predicted molar refractivity (Wildman–Crippen MR) is 234 cm³/mol. The number of nitrogens with two attached hydrogens (primary N) is 1. The first kappa shape index (κ1) is 51.0. The zero-order chi connectivity index (χ0) is 46.2. The van der Waals surface area contributed by atoms with Gasteiger partial charge >= 0.3 is 18.2 Å². The first-order valence-electron chi connectivity index (χ1n) is 19.9.